The highest BCUT2D eigenvalue weighted by molar-refractivity contribution is 5.83. The number of nitrogens with zero attached hydrogens (tertiary/aromatic N) is 1. The molecule has 1 N–H and O–H groups in total. The highest BCUT2D eigenvalue weighted by Crippen LogP contribution is 2.19. The Kier molecular flexibility index (Phi) is 3.60. The van der Waals surface area contributed by atoms with Crippen molar-refractivity contribution < 1.29 is 9.18 Å². The molecule has 0 fully saturated rings. The van der Waals surface area contributed by atoms with Crippen molar-refractivity contribution in [1.82, 2.24) is 9.88 Å². The number of carbonyl (C=O) groups excluding carboxylic acids is 1. The Bertz CT molecular complexity index is 601. The molecular weight excluding hydrogens is 243 g/mol. The van der Waals surface area contributed by atoms with Gasteiger partial charge in [-0.1, -0.05) is 13.0 Å². The Labute approximate surface area is 112 Å². The van der Waals surface area contributed by atoms with Gasteiger partial charge in [-0.25, -0.2) is 4.39 Å². The van der Waals surface area contributed by atoms with E-state index < -0.39 is 0 Å². The molecule has 0 aliphatic carbocycles. The minimum atomic E-state index is -0.259. The van der Waals surface area contributed by atoms with E-state index in [0.29, 0.717) is 5.39 Å². The van der Waals surface area contributed by atoms with Crippen molar-refractivity contribution >= 4 is 16.8 Å². The third-order valence-corrected chi connectivity index (χ3v) is 3.44. The molecule has 19 heavy (non-hydrogen) atoms. The maximum atomic E-state index is 13.5. The van der Waals surface area contributed by atoms with Crippen LogP contribution in [0.5, 0.6) is 0 Å². The minimum Gasteiger partial charge on any atom is -0.350 e. The number of rotatable bonds is 4. The lowest BCUT2D eigenvalue weighted by molar-refractivity contribution is -0.123. The van der Waals surface area contributed by atoms with E-state index in [1.54, 1.807) is 22.9 Å². The summed E-state index contributed by atoms with van der Waals surface area (Å²) >= 11 is 0. The molecule has 1 amide bonds. The van der Waals surface area contributed by atoms with Crippen molar-refractivity contribution in [3.63, 3.8) is 0 Å². The van der Waals surface area contributed by atoms with Crippen LogP contribution in [0.2, 0.25) is 0 Å². The molecule has 0 bridgehead atoms. The number of carbonyl (C=O) groups is 1. The average Bonchev–Trinajstić information content (AvgIpc) is 2.73. The van der Waals surface area contributed by atoms with Crippen LogP contribution < -0.4 is 5.32 Å². The van der Waals surface area contributed by atoms with Gasteiger partial charge in [-0.3, -0.25) is 4.79 Å². The van der Waals surface area contributed by atoms with Gasteiger partial charge in [-0.05, 0) is 38.5 Å². The van der Waals surface area contributed by atoms with E-state index in [0.717, 1.165) is 11.9 Å². The molecule has 0 radical (unpaired) electrons. The maximum absolute atomic E-state index is 13.5. The van der Waals surface area contributed by atoms with Crippen molar-refractivity contribution in [2.24, 2.45) is 0 Å². The van der Waals surface area contributed by atoms with E-state index >= 15 is 0 Å². The van der Waals surface area contributed by atoms with Gasteiger partial charge >= 0.3 is 0 Å². The van der Waals surface area contributed by atoms with Gasteiger partial charge in [0, 0.05) is 17.1 Å². The predicted octanol–water partition coefficient (Wildman–Crippen LogP) is 3.09. The Balaban J connectivity index is 2.18. The molecule has 0 unspecified atom stereocenters. The summed E-state index contributed by atoms with van der Waals surface area (Å²) in [7, 11) is 0. The SMILES string of the molecule is CCC(C)(C)NC(=O)Cn1ccc2c(F)cccc21. The molecular formula is C15H19FN2O. The van der Waals surface area contributed by atoms with Crippen LogP contribution in [-0.4, -0.2) is 16.0 Å². The monoisotopic (exact) mass is 262 g/mol. The van der Waals surface area contributed by atoms with Gasteiger partial charge in [0.2, 0.25) is 5.91 Å². The molecule has 1 heterocycles. The van der Waals surface area contributed by atoms with Crippen molar-refractivity contribution in [3.8, 4) is 0 Å². The van der Waals surface area contributed by atoms with Crippen LogP contribution in [0.4, 0.5) is 4.39 Å². The Hall–Kier alpha value is -1.84. The van der Waals surface area contributed by atoms with Crippen LogP contribution in [0.1, 0.15) is 27.2 Å². The smallest absolute Gasteiger partial charge is 0.240 e. The van der Waals surface area contributed by atoms with Gasteiger partial charge in [0.25, 0.3) is 0 Å². The molecule has 1 aromatic carbocycles. The van der Waals surface area contributed by atoms with Crippen LogP contribution in [0.25, 0.3) is 10.9 Å². The van der Waals surface area contributed by atoms with Crippen molar-refractivity contribution in [2.45, 2.75) is 39.3 Å². The normalized spacial score (nSPS) is 11.8. The van der Waals surface area contributed by atoms with E-state index in [2.05, 4.69) is 5.32 Å². The van der Waals surface area contributed by atoms with Gasteiger partial charge in [-0.15, -0.1) is 0 Å². The summed E-state index contributed by atoms with van der Waals surface area (Å²) in [6.45, 7) is 6.20. The van der Waals surface area contributed by atoms with Gasteiger partial charge in [0.05, 0.1) is 5.52 Å². The first-order valence-corrected chi connectivity index (χ1v) is 6.47. The zero-order valence-electron chi connectivity index (χ0n) is 11.5. The largest absolute Gasteiger partial charge is 0.350 e. The lowest BCUT2D eigenvalue weighted by atomic mass is 10.0. The molecule has 0 aliphatic heterocycles. The third-order valence-electron chi connectivity index (χ3n) is 3.44. The fourth-order valence-corrected chi connectivity index (χ4v) is 1.98. The number of hydrogen-bond donors (Lipinski definition) is 1. The number of amides is 1. The Morgan fingerprint density at radius 1 is 1.37 bits per heavy atom. The van der Waals surface area contributed by atoms with Crippen LogP contribution >= 0.6 is 0 Å². The van der Waals surface area contributed by atoms with Crippen molar-refractivity contribution in [1.29, 1.82) is 0 Å². The van der Waals surface area contributed by atoms with E-state index in [9.17, 15) is 9.18 Å². The first-order valence-electron chi connectivity index (χ1n) is 6.47. The summed E-state index contributed by atoms with van der Waals surface area (Å²) in [6, 6.07) is 6.59. The number of nitrogens with one attached hydrogen (secondary N) is 1. The second kappa shape index (κ2) is 5.03. The van der Waals surface area contributed by atoms with E-state index in [1.807, 2.05) is 26.8 Å². The Morgan fingerprint density at radius 3 is 2.79 bits per heavy atom. The van der Waals surface area contributed by atoms with Crippen LogP contribution in [0.3, 0.4) is 0 Å². The predicted molar refractivity (Wildman–Crippen MR) is 74.4 cm³/mol. The molecule has 102 valence electrons. The molecule has 0 atom stereocenters. The van der Waals surface area contributed by atoms with Crippen LogP contribution in [-0.2, 0) is 11.3 Å². The van der Waals surface area contributed by atoms with E-state index in [1.165, 1.54) is 6.07 Å². The molecule has 2 aromatic rings. The van der Waals surface area contributed by atoms with E-state index in [4.69, 9.17) is 0 Å². The molecule has 1 aromatic heterocycles. The van der Waals surface area contributed by atoms with E-state index in [-0.39, 0.29) is 23.8 Å². The quantitative estimate of drug-likeness (QED) is 0.902. The summed E-state index contributed by atoms with van der Waals surface area (Å²) < 4.78 is 15.3. The minimum absolute atomic E-state index is 0.0615. The Morgan fingerprint density at radius 2 is 2.11 bits per heavy atom. The van der Waals surface area contributed by atoms with Gasteiger partial charge in [0.15, 0.2) is 0 Å². The summed E-state index contributed by atoms with van der Waals surface area (Å²) in [6.07, 6.45) is 2.60. The second-order valence-electron chi connectivity index (χ2n) is 5.40. The molecule has 0 spiro atoms. The molecule has 3 nitrogen and oxygen atoms in total. The third kappa shape index (κ3) is 2.95. The summed E-state index contributed by atoms with van der Waals surface area (Å²) in [5, 5.41) is 3.52. The summed E-state index contributed by atoms with van der Waals surface area (Å²) in [5.41, 5.74) is 0.523. The lowest BCUT2D eigenvalue weighted by Gasteiger charge is -2.24. The number of benzene rings is 1. The average molecular weight is 262 g/mol. The number of halogens is 1. The number of hydrogen-bond acceptors (Lipinski definition) is 1. The van der Waals surface area contributed by atoms with Crippen molar-refractivity contribution in [2.75, 3.05) is 0 Å². The molecule has 4 heteroatoms. The topological polar surface area (TPSA) is 34.0 Å². The number of fused-ring (bicyclic) bond motifs is 1. The summed E-state index contributed by atoms with van der Waals surface area (Å²) in [4.78, 5) is 12.0. The number of aromatic nitrogens is 1. The fraction of sp³-hybridized carbons (Fsp3) is 0.400. The van der Waals surface area contributed by atoms with Crippen LogP contribution in [0, 0.1) is 5.82 Å². The molecule has 0 aliphatic rings. The molecule has 0 saturated carbocycles. The molecule has 0 saturated heterocycles. The van der Waals surface area contributed by atoms with Gasteiger partial charge in [-0.2, -0.15) is 0 Å². The highest BCUT2D eigenvalue weighted by atomic mass is 19.1. The standard InChI is InChI=1S/C15H19FN2O/c1-4-15(2,3)17-14(19)10-18-9-8-11-12(16)6-5-7-13(11)18/h5-9H,4,10H2,1-3H3,(H,17,19). The van der Waals surface area contributed by atoms with Gasteiger partial charge in [0.1, 0.15) is 12.4 Å². The van der Waals surface area contributed by atoms with Crippen LogP contribution in [0.15, 0.2) is 30.5 Å². The zero-order chi connectivity index (χ0) is 14.0. The summed E-state index contributed by atoms with van der Waals surface area (Å²) in [5.74, 6) is -0.320. The van der Waals surface area contributed by atoms with Gasteiger partial charge < -0.3 is 9.88 Å². The van der Waals surface area contributed by atoms with Crippen molar-refractivity contribution in [3.05, 3.63) is 36.3 Å². The maximum Gasteiger partial charge on any atom is 0.240 e. The first-order chi connectivity index (χ1) is 8.93. The second-order valence-corrected chi connectivity index (χ2v) is 5.40. The zero-order valence-corrected chi connectivity index (χ0v) is 11.5. The first kappa shape index (κ1) is 13.6. The fourth-order valence-electron chi connectivity index (χ4n) is 1.98. The molecule has 2 rings (SSSR count). The highest BCUT2D eigenvalue weighted by Gasteiger charge is 2.18. The lowest BCUT2D eigenvalue weighted by Crippen LogP contribution is -2.44.